The number of aromatic nitrogens is 3. The van der Waals surface area contributed by atoms with Crippen molar-refractivity contribution >= 4 is 29.2 Å². The maximum Gasteiger partial charge on any atom is 0.359 e. The smallest absolute Gasteiger partial charge is 0.359 e. The lowest BCUT2D eigenvalue weighted by Gasteiger charge is -2.11. The summed E-state index contributed by atoms with van der Waals surface area (Å²) in [7, 11) is 0. The van der Waals surface area contributed by atoms with Crippen LogP contribution in [-0.2, 0) is 4.74 Å². The molecule has 0 radical (unpaired) electrons. The molecule has 0 saturated heterocycles. The van der Waals surface area contributed by atoms with Crippen molar-refractivity contribution in [3.63, 3.8) is 0 Å². The molecule has 0 spiro atoms. The van der Waals surface area contributed by atoms with E-state index < -0.39 is 5.97 Å². The van der Waals surface area contributed by atoms with E-state index in [1.54, 1.807) is 29.8 Å². The van der Waals surface area contributed by atoms with Crippen LogP contribution in [0, 0.1) is 6.92 Å². The van der Waals surface area contributed by atoms with Crippen LogP contribution in [0.15, 0.2) is 42.7 Å². The van der Waals surface area contributed by atoms with Gasteiger partial charge in [0.15, 0.2) is 5.69 Å². The van der Waals surface area contributed by atoms with Gasteiger partial charge in [-0.25, -0.2) is 9.48 Å². The van der Waals surface area contributed by atoms with Crippen molar-refractivity contribution in [2.24, 2.45) is 0 Å². The number of ether oxygens (including phenoxy) is 1. The van der Waals surface area contributed by atoms with E-state index in [1.807, 2.05) is 36.0 Å². The lowest BCUT2D eigenvalue weighted by molar-refractivity contribution is 0.0518. The Balaban J connectivity index is 2.24. The lowest BCUT2D eigenvalue weighted by atomic mass is 10.2. The van der Waals surface area contributed by atoms with Crippen LogP contribution in [-0.4, -0.2) is 26.9 Å². The fourth-order valence-corrected chi connectivity index (χ4v) is 2.97. The Morgan fingerprint density at radius 2 is 1.96 bits per heavy atom. The summed E-state index contributed by atoms with van der Waals surface area (Å²) in [6, 6.07) is 8.91. The molecule has 124 valence electrons. The van der Waals surface area contributed by atoms with Gasteiger partial charge in [-0.1, -0.05) is 23.2 Å². The molecule has 3 rings (SSSR count). The highest BCUT2D eigenvalue weighted by Crippen LogP contribution is 2.29. The molecule has 0 aliphatic rings. The molecule has 24 heavy (non-hydrogen) atoms. The van der Waals surface area contributed by atoms with Crippen molar-refractivity contribution in [3.05, 3.63) is 64.0 Å². The van der Waals surface area contributed by atoms with Crippen LogP contribution < -0.4 is 0 Å². The monoisotopic (exact) mass is 363 g/mol. The van der Waals surface area contributed by atoms with Gasteiger partial charge in [0.1, 0.15) is 5.82 Å². The molecule has 5 nitrogen and oxygen atoms in total. The van der Waals surface area contributed by atoms with Gasteiger partial charge in [-0.05, 0) is 44.2 Å². The Labute approximate surface area is 149 Å². The van der Waals surface area contributed by atoms with Crippen LogP contribution in [0.25, 0.3) is 11.5 Å². The number of carbonyl (C=O) groups excluding carboxylic acids is 1. The molecule has 0 aliphatic heterocycles. The minimum absolute atomic E-state index is 0.256. The van der Waals surface area contributed by atoms with Gasteiger partial charge in [0.2, 0.25) is 0 Å². The quantitative estimate of drug-likeness (QED) is 0.643. The van der Waals surface area contributed by atoms with Crippen molar-refractivity contribution in [1.82, 2.24) is 14.3 Å². The number of benzene rings is 1. The minimum Gasteiger partial charge on any atom is -0.461 e. The molecule has 1 aromatic carbocycles. The fraction of sp³-hybridized carbons (Fsp3) is 0.176. The summed E-state index contributed by atoms with van der Waals surface area (Å²) >= 11 is 12.3. The highest BCUT2D eigenvalue weighted by Gasteiger charge is 2.23. The van der Waals surface area contributed by atoms with Crippen LogP contribution in [0.1, 0.15) is 23.0 Å². The number of esters is 1. The maximum absolute atomic E-state index is 12.2. The zero-order valence-corrected chi connectivity index (χ0v) is 14.7. The predicted octanol–water partition coefficient (Wildman–Crippen LogP) is 4.45. The second-order valence-electron chi connectivity index (χ2n) is 5.12. The highest BCUT2D eigenvalue weighted by molar-refractivity contribution is 6.35. The van der Waals surface area contributed by atoms with Crippen LogP contribution >= 0.6 is 23.2 Å². The highest BCUT2D eigenvalue weighted by atomic mass is 35.5. The zero-order valence-electron chi connectivity index (χ0n) is 13.2. The molecule has 0 saturated carbocycles. The molecule has 3 aromatic rings. The molecule has 0 bridgehead atoms. The summed E-state index contributed by atoms with van der Waals surface area (Å²) in [5.41, 5.74) is 1.59. The van der Waals surface area contributed by atoms with Crippen LogP contribution in [0.2, 0.25) is 10.0 Å². The normalized spacial score (nSPS) is 10.8. The second kappa shape index (κ2) is 6.71. The maximum atomic E-state index is 12.2. The van der Waals surface area contributed by atoms with E-state index in [0.29, 0.717) is 27.1 Å². The first-order chi connectivity index (χ1) is 11.5. The van der Waals surface area contributed by atoms with Gasteiger partial charge in [-0.3, -0.25) is 0 Å². The molecule has 0 amide bonds. The number of rotatable bonds is 4. The Bertz CT molecular complexity index is 886. The second-order valence-corrected chi connectivity index (χ2v) is 5.96. The van der Waals surface area contributed by atoms with Crippen LogP contribution in [0.3, 0.4) is 0 Å². The number of halogens is 2. The summed E-state index contributed by atoms with van der Waals surface area (Å²) in [6.07, 6.45) is 3.75. The van der Waals surface area contributed by atoms with E-state index in [9.17, 15) is 4.79 Å². The van der Waals surface area contributed by atoms with Crippen molar-refractivity contribution < 1.29 is 9.53 Å². The van der Waals surface area contributed by atoms with Gasteiger partial charge in [0.25, 0.3) is 0 Å². The van der Waals surface area contributed by atoms with Crippen LogP contribution in [0.4, 0.5) is 0 Å². The Kier molecular flexibility index (Phi) is 4.64. The molecular formula is C17H15Cl2N3O2. The van der Waals surface area contributed by atoms with E-state index in [2.05, 4.69) is 5.10 Å². The first-order valence-electron chi connectivity index (χ1n) is 7.38. The predicted molar refractivity (Wildman–Crippen MR) is 93.6 cm³/mol. The molecule has 0 unspecified atom stereocenters. The fourth-order valence-electron chi connectivity index (χ4n) is 2.48. The largest absolute Gasteiger partial charge is 0.461 e. The summed E-state index contributed by atoms with van der Waals surface area (Å²) < 4.78 is 8.60. The first kappa shape index (κ1) is 16.6. The van der Waals surface area contributed by atoms with E-state index in [0.717, 1.165) is 0 Å². The van der Waals surface area contributed by atoms with E-state index >= 15 is 0 Å². The summed E-state index contributed by atoms with van der Waals surface area (Å²) in [4.78, 5) is 12.2. The third-order valence-electron chi connectivity index (χ3n) is 3.55. The molecular weight excluding hydrogens is 349 g/mol. The third kappa shape index (κ3) is 2.92. The average molecular weight is 364 g/mol. The molecule has 0 fully saturated rings. The molecule has 0 aliphatic carbocycles. The average Bonchev–Trinajstić information content (AvgIpc) is 3.15. The summed E-state index contributed by atoms with van der Waals surface area (Å²) in [5.74, 6) is 0.250. The first-order valence-corrected chi connectivity index (χ1v) is 8.14. The van der Waals surface area contributed by atoms with E-state index in [-0.39, 0.29) is 12.3 Å². The SMILES string of the molecule is CCOC(=O)c1nn(-c2ccc(Cl)cc2Cl)c(-n2cccc2)c1C. The van der Waals surface area contributed by atoms with E-state index in [4.69, 9.17) is 27.9 Å². The van der Waals surface area contributed by atoms with Gasteiger partial charge in [-0.2, -0.15) is 5.10 Å². The minimum atomic E-state index is -0.466. The van der Waals surface area contributed by atoms with Gasteiger partial charge < -0.3 is 9.30 Å². The van der Waals surface area contributed by atoms with Gasteiger partial charge >= 0.3 is 5.97 Å². The topological polar surface area (TPSA) is 49.0 Å². The lowest BCUT2D eigenvalue weighted by Crippen LogP contribution is -2.08. The number of nitrogens with zero attached hydrogens (tertiary/aromatic N) is 3. The number of carbonyl (C=O) groups is 1. The van der Waals surface area contributed by atoms with Gasteiger partial charge in [0.05, 0.1) is 17.3 Å². The summed E-state index contributed by atoms with van der Waals surface area (Å²) in [6.45, 7) is 3.87. The molecule has 0 N–H and O–H groups in total. The Hall–Kier alpha value is -2.24. The molecule has 7 heteroatoms. The number of hydrogen-bond acceptors (Lipinski definition) is 3. The molecule has 2 aromatic heterocycles. The zero-order chi connectivity index (χ0) is 17.3. The van der Waals surface area contributed by atoms with Crippen molar-refractivity contribution in [1.29, 1.82) is 0 Å². The standard InChI is InChI=1S/C17H15Cl2N3O2/c1-3-24-17(23)15-11(2)16(21-8-4-5-9-21)22(20-15)14-7-6-12(18)10-13(14)19/h4-10H,3H2,1-2H3. The third-order valence-corrected chi connectivity index (χ3v) is 4.08. The van der Waals surface area contributed by atoms with Gasteiger partial charge in [-0.15, -0.1) is 0 Å². The van der Waals surface area contributed by atoms with Crippen molar-refractivity contribution in [2.45, 2.75) is 13.8 Å². The van der Waals surface area contributed by atoms with Crippen molar-refractivity contribution in [3.8, 4) is 11.5 Å². The number of hydrogen-bond donors (Lipinski definition) is 0. The van der Waals surface area contributed by atoms with Gasteiger partial charge in [0, 0.05) is 23.0 Å². The van der Waals surface area contributed by atoms with Crippen LogP contribution in [0.5, 0.6) is 0 Å². The Morgan fingerprint density at radius 3 is 2.58 bits per heavy atom. The molecule has 0 atom stereocenters. The van der Waals surface area contributed by atoms with E-state index in [1.165, 1.54) is 0 Å². The van der Waals surface area contributed by atoms with Crippen molar-refractivity contribution in [2.75, 3.05) is 6.61 Å². The Morgan fingerprint density at radius 1 is 1.25 bits per heavy atom. The molecule has 2 heterocycles. The summed E-state index contributed by atoms with van der Waals surface area (Å²) in [5, 5.41) is 5.41.